The van der Waals surface area contributed by atoms with Crippen molar-refractivity contribution < 1.29 is 0 Å². The maximum Gasteiger partial charge on any atom is 0.0641 e. The Morgan fingerprint density at radius 2 is 0.794 bits per heavy atom. The molecule has 0 bridgehead atoms. The Labute approximate surface area is 364 Å². The SMILES string of the molecule is CC1(C)c2ccccc2-c2ccc3c4cccc5c6cc7c(cc6n(c3c21)c54)c1ccc(N(c2ccccc2)c2ccccc2)c2c3ccc4c(c3n7c12)C(C)(C)c1ccccc1-4. The molecule has 0 aliphatic heterocycles. The first-order valence-electron chi connectivity index (χ1n) is 22.4. The molecule has 13 aromatic rings. The lowest BCUT2D eigenvalue weighted by Gasteiger charge is -2.26. The molecule has 2 aliphatic carbocycles. The summed E-state index contributed by atoms with van der Waals surface area (Å²) in [7, 11) is 0. The quantitative estimate of drug-likeness (QED) is 0.173. The van der Waals surface area contributed by atoms with Crippen LogP contribution in [0.3, 0.4) is 0 Å². The van der Waals surface area contributed by atoms with Gasteiger partial charge in [-0.25, -0.2) is 0 Å². The van der Waals surface area contributed by atoms with E-state index in [0.717, 1.165) is 11.4 Å². The van der Waals surface area contributed by atoms with Gasteiger partial charge in [0.2, 0.25) is 0 Å². The molecule has 15 rings (SSSR count). The molecule has 0 N–H and O–H groups in total. The van der Waals surface area contributed by atoms with Crippen molar-refractivity contribution in [2.24, 2.45) is 0 Å². The number of anilines is 3. The van der Waals surface area contributed by atoms with Crippen molar-refractivity contribution in [3.05, 3.63) is 198 Å². The number of fused-ring (bicyclic) bond motifs is 20. The van der Waals surface area contributed by atoms with Crippen LogP contribution in [0.2, 0.25) is 0 Å². The van der Waals surface area contributed by atoms with E-state index in [2.05, 4.69) is 217 Å². The van der Waals surface area contributed by atoms with Gasteiger partial charge in [-0.3, -0.25) is 0 Å². The van der Waals surface area contributed by atoms with Crippen LogP contribution in [0, 0.1) is 0 Å². The van der Waals surface area contributed by atoms with Gasteiger partial charge < -0.3 is 13.7 Å². The summed E-state index contributed by atoms with van der Waals surface area (Å²) >= 11 is 0. The van der Waals surface area contributed by atoms with Crippen LogP contribution in [0.4, 0.5) is 17.1 Å². The molecule has 0 atom stereocenters. The van der Waals surface area contributed by atoms with E-state index < -0.39 is 0 Å². The number of hydrogen-bond donors (Lipinski definition) is 0. The molecule has 9 aromatic carbocycles. The number of hydrogen-bond acceptors (Lipinski definition) is 1. The number of para-hydroxylation sites is 3. The lowest BCUT2D eigenvalue weighted by atomic mass is 9.81. The van der Waals surface area contributed by atoms with Gasteiger partial charge >= 0.3 is 0 Å². The molecule has 0 saturated carbocycles. The predicted molar refractivity (Wildman–Crippen MR) is 266 cm³/mol. The maximum atomic E-state index is 2.67. The Morgan fingerprint density at radius 3 is 1.38 bits per heavy atom. The van der Waals surface area contributed by atoms with E-state index in [4.69, 9.17) is 0 Å². The van der Waals surface area contributed by atoms with Gasteiger partial charge in [-0.15, -0.1) is 0 Å². The van der Waals surface area contributed by atoms with Crippen molar-refractivity contribution in [3.63, 3.8) is 0 Å². The van der Waals surface area contributed by atoms with Gasteiger partial charge in [0.25, 0.3) is 0 Å². The van der Waals surface area contributed by atoms with Crippen molar-refractivity contribution in [2.75, 3.05) is 4.90 Å². The van der Waals surface area contributed by atoms with Crippen LogP contribution >= 0.6 is 0 Å². The van der Waals surface area contributed by atoms with Crippen LogP contribution in [0.25, 0.3) is 98.4 Å². The molecule has 0 spiro atoms. The first-order chi connectivity index (χ1) is 30.8. The van der Waals surface area contributed by atoms with Crippen molar-refractivity contribution >= 4 is 93.3 Å². The number of aromatic nitrogens is 2. The van der Waals surface area contributed by atoms with Crippen molar-refractivity contribution in [3.8, 4) is 22.3 Å². The minimum absolute atomic E-state index is 0.146. The fraction of sp³-hybridized carbons (Fsp3) is 0.100. The van der Waals surface area contributed by atoms with Gasteiger partial charge in [-0.05, 0) is 87.0 Å². The Morgan fingerprint density at radius 1 is 0.349 bits per heavy atom. The summed E-state index contributed by atoms with van der Waals surface area (Å²) in [6, 6.07) is 66.3. The average Bonchev–Trinajstić information content (AvgIpc) is 4.12. The van der Waals surface area contributed by atoms with Crippen LogP contribution in [0.15, 0.2) is 176 Å². The molecule has 63 heavy (non-hydrogen) atoms. The standard InChI is InChI=1S/C60H41N3/c1-59(2)47-24-13-11-20-36(47)38-26-28-42-40-22-15-23-41-45-32-51-46(33-50(45)62(55(40)41)57(42)53(38)59)43-30-31-49(61(34-16-7-5-8-17-34)35-18-9-6-10-19-35)52-44-29-27-39-37-21-12-14-25-48(37)60(3,4)54(39)58(44)63(51)56(43)52/h5-33H,1-4H3. The van der Waals surface area contributed by atoms with Crippen molar-refractivity contribution in [2.45, 2.75) is 38.5 Å². The summed E-state index contributed by atoms with van der Waals surface area (Å²) in [5, 5.41) is 10.4. The average molecular weight is 804 g/mol. The predicted octanol–water partition coefficient (Wildman–Crippen LogP) is 16.1. The van der Waals surface area contributed by atoms with Gasteiger partial charge in [0.1, 0.15) is 0 Å². The molecule has 3 heteroatoms. The highest BCUT2D eigenvalue weighted by atomic mass is 15.1. The second-order valence-electron chi connectivity index (χ2n) is 19.2. The highest BCUT2D eigenvalue weighted by molar-refractivity contribution is 6.32. The Hall–Kier alpha value is -7.62. The summed E-state index contributed by atoms with van der Waals surface area (Å²) in [6.45, 7) is 9.70. The fourth-order valence-corrected chi connectivity index (χ4v) is 12.9. The molecule has 296 valence electrons. The number of rotatable bonds is 3. The fourth-order valence-electron chi connectivity index (χ4n) is 12.9. The third-order valence-electron chi connectivity index (χ3n) is 15.5. The molecule has 0 unspecified atom stereocenters. The van der Waals surface area contributed by atoms with Crippen LogP contribution < -0.4 is 4.90 Å². The summed E-state index contributed by atoms with van der Waals surface area (Å²) < 4.78 is 5.31. The zero-order chi connectivity index (χ0) is 41.7. The van der Waals surface area contributed by atoms with Crippen molar-refractivity contribution in [1.82, 2.24) is 8.80 Å². The minimum Gasteiger partial charge on any atom is -0.310 e. The molecular formula is C60H41N3. The monoisotopic (exact) mass is 803 g/mol. The van der Waals surface area contributed by atoms with E-state index in [-0.39, 0.29) is 10.8 Å². The number of nitrogens with zero attached hydrogens (tertiary/aromatic N) is 3. The molecule has 4 heterocycles. The first kappa shape index (κ1) is 34.0. The Kier molecular flexibility index (Phi) is 6.07. The highest BCUT2D eigenvalue weighted by Crippen LogP contribution is 2.57. The summed E-state index contributed by atoms with van der Waals surface area (Å²) in [5.74, 6) is 0. The van der Waals surface area contributed by atoms with E-state index in [0.29, 0.717) is 0 Å². The topological polar surface area (TPSA) is 12.1 Å². The first-order valence-corrected chi connectivity index (χ1v) is 22.4. The Balaban J connectivity index is 1.14. The summed E-state index contributed by atoms with van der Waals surface area (Å²) in [5.41, 5.74) is 22.0. The minimum atomic E-state index is -0.203. The highest BCUT2D eigenvalue weighted by Gasteiger charge is 2.41. The second kappa shape index (κ2) is 11.2. The summed E-state index contributed by atoms with van der Waals surface area (Å²) in [4.78, 5) is 2.46. The van der Waals surface area contributed by atoms with E-state index in [1.165, 1.54) is 126 Å². The molecule has 0 radical (unpaired) electrons. The van der Waals surface area contributed by atoms with Gasteiger partial charge in [0, 0.05) is 65.3 Å². The smallest absolute Gasteiger partial charge is 0.0641 e. The van der Waals surface area contributed by atoms with E-state index in [9.17, 15) is 0 Å². The van der Waals surface area contributed by atoms with Crippen LogP contribution in [-0.4, -0.2) is 8.80 Å². The Bertz CT molecular complexity index is 4090. The van der Waals surface area contributed by atoms with E-state index in [1.807, 2.05) is 0 Å². The molecule has 3 nitrogen and oxygen atoms in total. The van der Waals surface area contributed by atoms with Gasteiger partial charge in [0.15, 0.2) is 0 Å². The van der Waals surface area contributed by atoms with Gasteiger partial charge in [-0.2, -0.15) is 0 Å². The zero-order valence-corrected chi connectivity index (χ0v) is 35.6. The van der Waals surface area contributed by atoms with Crippen LogP contribution in [0.1, 0.15) is 49.9 Å². The largest absolute Gasteiger partial charge is 0.310 e. The van der Waals surface area contributed by atoms with Crippen LogP contribution in [-0.2, 0) is 10.8 Å². The number of benzene rings is 9. The molecule has 2 aliphatic rings. The van der Waals surface area contributed by atoms with Gasteiger partial charge in [0.05, 0.1) is 38.8 Å². The summed E-state index contributed by atoms with van der Waals surface area (Å²) in [6.07, 6.45) is 0. The molecule has 0 fully saturated rings. The lowest BCUT2D eigenvalue weighted by molar-refractivity contribution is 0.664. The molecular weight excluding hydrogens is 763 g/mol. The maximum absolute atomic E-state index is 2.67. The zero-order valence-electron chi connectivity index (χ0n) is 35.6. The normalized spacial score (nSPS) is 14.9. The van der Waals surface area contributed by atoms with Crippen LogP contribution in [0.5, 0.6) is 0 Å². The third-order valence-corrected chi connectivity index (χ3v) is 15.5. The van der Waals surface area contributed by atoms with Gasteiger partial charge in [-0.1, -0.05) is 161 Å². The van der Waals surface area contributed by atoms with Crippen molar-refractivity contribution in [1.29, 1.82) is 0 Å². The molecule has 4 aromatic heterocycles. The molecule has 0 amide bonds. The van der Waals surface area contributed by atoms with E-state index in [1.54, 1.807) is 0 Å². The second-order valence-corrected chi connectivity index (χ2v) is 19.2. The lowest BCUT2D eigenvalue weighted by Crippen LogP contribution is -2.16. The van der Waals surface area contributed by atoms with E-state index >= 15 is 0 Å². The molecule has 0 saturated heterocycles. The third kappa shape index (κ3) is 3.91.